The molecule has 1 atom stereocenters. The number of nitrogens with two attached hydrogens (primary N) is 1. The quantitative estimate of drug-likeness (QED) is 0.695. The number of H-pyrrole nitrogens is 1. The number of benzene rings is 1. The summed E-state index contributed by atoms with van der Waals surface area (Å²) in [5.41, 5.74) is 2.43. The van der Waals surface area contributed by atoms with Crippen molar-refractivity contribution in [3.05, 3.63) is 76.1 Å². The highest BCUT2D eigenvalue weighted by Gasteiger charge is 2.21. The second kappa shape index (κ2) is 7.35. The van der Waals surface area contributed by atoms with Gasteiger partial charge >= 0.3 is 0 Å². The van der Waals surface area contributed by atoms with Crippen molar-refractivity contribution in [3.8, 4) is 0 Å². The third-order valence-corrected chi connectivity index (χ3v) is 5.81. The van der Waals surface area contributed by atoms with E-state index in [9.17, 15) is 8.42 Å². The van der Waals surface area contributed by atoms with Gasteiger partial charge in [-0.15, -0.1) is 11.3 Å². The molecule has 130 valence electrons. The Bertz CT molecular complexity index is 919. The van der Waals surface area contributed by atoms with Gasteiger partial charge < -0.3 is 0 Å². The zero-order valence-corrected chi connectivity index (χ0v) is 15.4. The Labute approximate surface area is 151 Å². The van der Waals surface area contributed by atoms with E-state index in [-0.39, 0.29) is 10.9 Å². The summed E-state index contributed by atoms with van der Waals surface area (Å²) >= 11 is 1.67. The van der Waals surface area contributed by atoms with Gasteiger partial charge in [0.25, 0.3) is 5.82 Å². The van der Waals surface area contributed by atoms with Crippen molar-refractivity contribution in [2.75, 3.05) is 5.32 Å². The molecular weight excluding hydrogens is 354 g/mol. The molecule has 0 bridgehead atoms. The van der Waals surface area contributed by atoms with Crippen molar-refractivity contribution < 1.29 is 13.4 Å². The number of sulfonamides is 1. The van der Waals surface area contributed by atoms with E-state index in [1.54, 1.807) is 17.4 Å². The molecule has 25 heavy (non-hydrogen) atoms. The van der Waals surface area contributed by atoms with Crippen LogP contribution in [-0.4, -0.2) is 8.42 Å². The van der Waals surface area contributed by atoms with Gasteiger partial charge in [-0.2, -0.15) is 0 Å². The molecule has 4 N–H and O–H groups in total. The van der Waals surface area contributed by atoms with Crippen LogP contribution in [0.1, 0.15) is 29.0 Å². The summed E-state index contributed by atoms with van der Waals surface area (Å²) in [6.45, 7) is 2.13. The average Bonchev–Trinajstić information content (AvgIpc) is 3.14. The van der Waals surface area contributed by atoms with Gasteiger partial charge in [0.15, 0.2) is 6.04 Å². The molecule has 7 heteroatoms. The monoisotopic (exact) mass is 374 g/mol. The highest BCUT2D eigenvalue weighted by Crippen LogP contribution is 2.29. The van der Waals surface area contributed by atoms with Crippen molar-refractivity contribution in [2.45, 2.75) is 24.3 Å². The number of nitrogens with one attached hydrogen (secondary N) is 2. The summed E-state index contributed by atoms with van der Waals surface area (Å²) < 4.78 is 22.7. The summed E-state index contributed by atoms with van der Waals surface area (Å²) in [6.07, 6.45) is 2.39. The van der Waals surface area contributed by atoms with Crippen LogP contribution in [0.25, 0.3) is 0 Å². The Morgan fingerprint density at radius 3 is 2.44 bits per heavy atom. The molecule has 5 nitrogen and oxygen atoms in total. The van der Waals surface area contributed by atoms with Gasteiger partial charge in [-0.3, -0.25) is 5.32 Å². The standard InChI is InChI=1S/C18H19N3O2S2/c1-2-13-5-7-14(8-6-13)18(16-4-3-11-24-16)21-17-10-9-15(12-20-17)25(19,22)23/h3-12,18H,2H2,1H3,(H,20,21)(H2,19,22,23)/p+1/t18-/m0/s1. The molecule has 0 aliphatic carbocycles. The maximum atomic E-state index is 11.4. The number of primary sulfonamides is 1. The van der Waals surface area contributed by atoms with Crippen LogP contribution in [0.2, 0.25) is 0 Å². The maximum Gasteiger partial charge on any atom is 0.273 e. The van der Waals surface area contributed by atoms with E-state index in [0.29, 0.717) is 5.82 Å². The van der Waals surface area contributed by atoms with Crippen LogP contribution in [0.4, 0.5) is 5.82 Å². The molecule has 0 aliphatic rings. The third-order valence-electron chi connectivity index (χ3n) is 3.96. The van der Waals surface area contributed by atoms with E-state index in [2.05, 4.69) is 47.6 Å². The van der Waals surface area contributed by atoms with Crippen molar-refractivity contribution in [3.63, 3.8) is 0 Å². The number of pyridine rings is 1. The number of aryl methyl sites for hydroxylation is 1. The molecule has 2 aromatic heterocycles. The summed E-state index contributed by atoms with van der Waals surface area (Å²) in [4.78, 5) is 4.19. The Morgan fingerprint density at radius 1 is 1.16 bits per heavy atom. The SMILES string of the molecule is CCc1ccc([C@H](Nc2ccc(S(N)(=O)=O)c[nH+]2)c2cccs2)cc1. The van der Waals surface area contributed by atoms with Gasteiger partial charge in [-0.1, -0.05) is 37.3 Å². The number of anilines is 1. The van der Waals surface area contributed by atoms with Crippen LogP contribution in [-0.2, 0) is 16.4 Å². The molecule has 0 radical (unpaired) electrons. The van der Waals surface area contributed by atoms with E-state index in [4.69, 9.17) is 5.14 Å². The Hall–Kier alpha value is -2.22. The largest absolute Gasteiger partial charge is 0.273 e. The highest BCUT2D eigenvalue weighted by atomic mass is 32.2. The summed E-state index contributed by atoms with van der Waals surface area (Å²) in [5.74, 6) is 0.713. The van der Waals surface area contributed by atoms with Crippen LogP contribution in [0.5, 0.6) is 0 Å². The minimum atomic E-state index is -3.71. The smallest absolute Gasteiger partial charge is 0.262 e. The number of thiophene rings is 1. The van der Waals surface area contributed by atoms with E-state index >= 15 is 0 Å². The number of rotatable bonds is 6. The second-order valence-corrected chi connectivity index (χ2v) is 8.21. The molecule has 3 aromatic rings. The van der Waals surface area contributed by atoms with Crippen LogP contribution < -0.4 is 15.4 Å². The lowest BCUT2D eigenvalue weighted by Crippen LogP contribution is -2.21. The summed E-state index contributed by atoms with van der Waals surface area (Å²) in [5, 5.41) is 10.6. The Kier molecular flexibility index (Phi) is 5.17. The molecule has 0 spiro atoms. The normalized spacial score (nSPS) is 12.7. The minimum Gasteiger partial charge on any atom is -0.262 e. The molecule has 0 aliphatic heterocycles. The molecule has 3 rings (SSSR count). The number of aromatic amines is 1. The van der Waals surface area contributed by atoms with Crippen LogP contribution in [0.15, 0.2) is 65.0 Å². The topological polar surface area (TPSA) is 86.3 Å². The average molecular weight is 375 g/mol. The second-order valence-electron chi connectivity index (χ2n) is 5.67. The van der Waals surface area contributed by atoms with Crippen molar-refractivity contribution >= 4 is 27.2 Å². The Morgan fingerprint density at radius 2 is 1.92 bits per heavy atom. The van der Waals surface area contributed by atoms with Crippen molar-refractivity contribution in [2.24, 2.45) is 5.14 Å². The third kappa shape index (κ3) is 4.25. The fourth-order valence-electron chi connectivity index (χ4n) is 2.55. The first-order valence-electron chi connectivity index (χ1n) is 7.90. The predicted molar refractivity (Wildman–Crippen MR) is 100.0 cm³/mol. The lowest BCUT2D eigenvalue weighted by Gasteiger charge is -2.14. The molecular formula is C18H20N3O2S2+. The number of hydrogen-bond donors (Lipinski definition) is 2. The molecule has 0 unspecified atom stereocenters. The zero-order chi connectivity index (χ0) is 17.9. The van der Waals surface area contributed by atoms with Crippen molar-refractivity contribution in [1.29, 1.82) is 0 Å². The lowest BCUT2D eigenvalue weighted by atomic mass is 10.0. The van der Waals surface area contributed by atoms with Crippen LogP contribution in [0, 0.1) is 0 Å². The fourth-order valence-corrected chi connectivity index (χ4v) is 3.84. The summed E-state index contributed by atoms with van der Waals surface area (Å²) in [6, 6.07) is 15.7. The van der Waals surface area contributed by atoms with Gasteiger partial charge in [0.05, 0.1) is 4.88 Å². The highest BCUT2D eigenvalue weighted by molar-refractivity contribution is 7.89. The number of aromatic nitrogens is 1. The van der Waals surface area contributed by atoms with E-state index in [1.165, 1.54) is 22.7 Å². The van der Waals surface area contributed by atoms with Crippen molar-refractivity contribution in [1.82, 2.24) is 0 Å². The van der Waals surface area contributed by atoms with Gasteiger partial charge in [0.2, 0.25) is 10.0 Å². The van der Waals surface area contributed by atoms with Crippen LogP contribution >= 0.6 is 11.3 Å². The first-order chi connectivity index (χ1) is 12.0. The van der Waals surface area contributed by atoms with Gasteiger partial charge in [0.1, 0.15) is 11.1 Å². The Balaban J connectivity index is 1.90. The van der Waals surface area contributed by atoms with Gasteiger partial charge in [0, 0.05) is 11.6 Å². The molecule has 1 aromatic carbocycles. The number of hydrogen-bond acceptors (Lipinski definition) is 4. The van der Waals surface area contributed by atoms with Gasteiger partial charge in [-0.25, -0.2) is 18.5 Å². The first-order valence-corrected chi connectivity index (χ1v) is 10.3. The zero-order valence-electron chi connectivity index (χ0n) is 13.8. The molecule has 0 saturated carbocycles. The summed E-state index contributed by atoms with van der Waals surface area (Å²) in [7, 11) is -3.71. The van der Waals surface area contributed by atoms with Gasteiger partial charge in [-0.05, 0) is 29.5 Å². The lowest BCUT2D eigenvalue weighted by molar-refractivity contribution is -0.364. The maximum absolute atomic E-state index is 11.4. The molecule has 0 saturated heterocycles. The predicted octanol–water partition coefficient (Wildman–Crippen LogP) is 2.97. The molecule has 0 amide bonds. The molecule has 2 heterocycles. The van der Waals surface area contributed by atoms with E-state index in [0.717, 1.165) is 12.0 Å². The first kappa shape index (κ1) is 17.6. The molecule has 0 fully saturated rings. The van der Waals surface area contributed by atoms with Crippen LogP contribution in [0.3, 0.4) is 0 Å². The van der Waals surface area contributed by atoms with E-state index in [1.807, 2.05) is 11.4 Å². The van der Waals surface area contributed by atoms with E-state index < -0.39 is 10.0 Å². The fraction of sp³-hybridized carbons (Fsp3) is 0.167. The minimum absolute atomic E-state index is 0.0255.